The van der Waals surface area contributed by atoms with Gasteiger partial charge in [-0.3, -0.25) is 4.79 Å². The maximum Gasteiger partial charge on any atom is 0.341 e. The number of hydrogen-bond donors (Lipinski definition) is 1. The van der Waals surface area contributed by atoms with E-state index in [0.29, 0.717) is 35.1 Å². The Morgan fingerprint density at radius 3 is 2.72 bits per heavy atom. The molecule has 0 saturated carbocycles. The number of methoxy groups -OCH3 is 1. The van der Waals surface area contributed by atoms with Crippen molar-refractivity contribution in [2.45, 2.75) is 34.7 Å². The topological polar surface area (TPSA) is 94.3 Å². The summed E-state index contributed by atoms with van der Waals surface area (Å²) >= 11 is 4.27. The van der Waals surface area contributed by atoms with Crippen LogP contribution in [0.15, 0.2) is 19.2 Å². The molecule has 7 nitrogen and oxygen atoms in total. The van der Waals surface area contributed by atoms with Crippen molar-refractivity contribution < 1.29 is 18.7 Å². The average Bonchev–Trinajstić information content (AvgIpc) is 3.21. The molecule has 136 valence electrons. The van der Waals surface area contributed by atoms with E-state index in [4.69, 9.17) is 9.15 Å². The minimum Gasteiger partial charge on any atom is -0.465 e. The molecule has 2 heterocycles. The minimum atomic E-state index is -0.409. The Labute approximate surface area is 158 Å². The fraction of sp³-hybridized carbons (Fsp3) is 0.467. The lowest BCUT2D eigenvalue weighted by Crippen LogP contribution is -2.25. The summed E-state index contributed by atoms with van der Waals surface area (Å²) < 4.78 is 11.8. The van der Waals surface area contributed by atoms with Gasteiger partial charge in [0.2, 0.25) is 5.91 Å². The SMILES string of the molecule is CCCNC(=O)CSc1nnc(SCc2cc(C(=O)OC)c(C)o2)s1. The van der Waals surface area contributed by atoms with Gasteiger partial charge in [0, 0.05) is 6.54 Å². The van der Waals surface area contributed by atoms with E-state index < -0.39 is 5.97 Å². The van der Waals surface area contributed by atoms with E-state index in [2.05, 4.69) is 15.5 Å². The molecule has 1 amide bonds. The average molecular weight is 402 g/mol. The fourth-order valence-electron chi connectivity index (χ4n) is 1.82. The summed E-state index contributed by atoms with van der Waals surface area (Å²) in [6.07, 6.45) is 0.917. The normalized spacial score (nSPS) is 10.7. The number of nitrogens with one attached hydrogen (secondary N) is 1. The minimum absolute atomic E-state index is 0.00217. The van der Waals surface area contributed by atoms with E-state index in [0.717, 1.165) is 15.1 Å². The number of aryl methyl sites for hydroxylation is 1. The summed E-state index contributed by atoms with van der Waals surface area (Å²) in [7, 11) is 1.34. The van der Waals surface area contributed by atoms with Gasteiger partial charge in [-0.2, -0.15) is 0 Å². The largest absolute Gasteiger partial charge is 0.465 e. The number of nitrogens with zero attached hydrogens (tertiary/aromatic N) is 2. The molecule has 1 N–H and O–H groups in total. The summed E-state index contributed by atoms with van der Waals surface area (Å²) in [5.41, 5.74) is 0.435. The summed E-state index contributed by atoms with van der Waals surface area (Å²) in [6.45, 7) is 4.42. The van der Waals surface area contributed by atoms with Crippen LogP contribution in [-0.2, 0) is 15.3 Å². The zero-order chi connectivity index (χ0) is 18.2. The molecule has 2 aromatic heterocycles. The van der Waals surface area contributed by atoms with Gasteiger partial charge < -0.3 is 14.5 Å². The first-order valence-electron chi connectivity index (χ1n) is 7.57. The van der Waals surface area contributed by atoms with Crippen molar-refractivity contribution in [2.24, 2.45) is 0 Å². The van der Waals surface area contributed by atoms with Gasteiger partial charge in [0.1, 0.15) is 17.1 Å². The lowest BCUT2D eigenvalue weighted by atomic mass is 10.2. The van der Waals surface area contributed by atoms with Gasteiger partial charge in [-0.25, -0.2) is 4.79 Å². The molecule has 2 aromatic rings. The van der Waals surface area contributed by atoms with E-state index >= 15 is 0 Å². The van der Waals surface area contributed by atoms with Crippen molar-refractivity contribution in [3.63, 3.8) is 0 Å². The van der Waals surface area contributed by atoms with Gasteiger partial charge >= 0.3 is 5.97 Å². The lowest BCUT2D eigenvalue weighted by molar-refractivity contribution is -0.118. The summed E-state index contributed by atoms with van der Waals surface area (Å²) in [5, 5.41) is 11.0. The van der Waals surface area contributed by atoms with Crippen molar-refractivity contribution in [1.82, 2.24) is 15.5 Å². The van der Waals surface area contributed by atoms with Crippen molar-refractivity contribution in [1.29, 1.82) is 0 Å². The van der Waals surface area contributed by atoms with Crippen LogP contribution < -0.4 is 5.32 Å². The third kappa shape index (κ3) is 6.05. The van der Waals surface area contributed by atoms with E-state index in [9.17, 15) is 9.59 Å². The van der Waals surface area contributed by atoms with Gasteiger partial charge in [-0.15, -0.1) is 10.2 Å². The number of carbonyl (C=O) groups is 2. The molecule has 10 heteroatoms. The second-order valence-electron chi connectivity index (χ2n) is 4.94. The molecule has 0 radical (unpaired) electrons. The Morgan fingerprint density at radius 1 is 1.32 bits per heavy atom. The summed E-state index contributed by atoms with van der Waals surface area (Å²) in [5.74, 6) is 1.67. The number of furan rings is 1. The second-order valence-corrected chi connectivity index (χ2v) is 8.36. The Morgan fingerprint density at radius 2 is 2.04 bits per heavy atom. The van der Waals surface area contributed by atoms with Crippen LogP contribution >= 0.6 is 34.9 Å². The van der Waals surface area contributed by atoms with E-state index in [1.807, 2.05) is 6.92 Å². The number of rotatable bonds is 9. The highest BCUT2D eigenvalue weighted by Gasteiger charge is 2.16. The molecule has 0 bridgehead atoms. The number of amides is 1. The molecule has 0 aliphatic carbocycles. The molecule has 0 atom stereocenters. The zero-order valence-electron chi connectivity index (χ0n) is 14.2. The van der Waals surface area contributed by atoms with Gasteiger partial charge in [0.15, 0.2) is 8.68 Å². The van der Waals surface area contributed by atoms with Crippen LogP contribution in [0, 0.1) is 6.92 Å². The number of esters is 1. The highest BCUT2D eigenvalue weighted by molar-refractivity contribution is 8.03. The quantitative estimate of drug-likeness (QED) is 0.506. The van der Waals surface area contributed by atoms with E-state index in [1.165, 1.54) is 42.0 Å². The highest BCUT2D eigenvalue weighted by atomic mass is 32.2. The van der Waals surface area contributed by atoms with Crippen LogP contribution in [0.1, 0.15) is 35.2 Å². The molecule has 0 aromatic carbocycles. The molecule has 25 heavy (non-hydrogen) atoms. The first-order chi connectivity index (χ1) is 12.0. The van der Waals surface area contributed by atoms with Crippen LogP contribution in [0.25, 0.3) is 0 Å². The number of aromatic nitrogens is 2. The first-order valence-corrected chi connectivity index (χ1v) is 10.4. The van der Waals surface area contributed by atoms with Crippen molar-refractivity contribution in [3.05, 3.63) is 23.2 Å². The molecule has 0 spiro atoms. The monoisotopic (exact) mass is 401 g/mol. The molecule has 0 aliphatic rings. The van der Waals surface area contributed by atoms with Crippen LogP contribution in [-0.4, -0.2) is 41.5 Å². The Hall–Kier alpha value is -1.52. The van der Waals surface area contributed by atoms with Crippen LogP contribution in [0.5, 0.6) is 0 Å². The van der Waals surface area contributed by atoms with Gasteiger partial charge in [0.25, 0.3) is 0 Å². The summed E-state index contributed by atoms with van der Waals surface area (Å²) in [6, 6.07) is 1.68. The third-order valence-corrected chi connectivity index (χ3v) is 6.21. The number of carbonyl (C=O) groups excluding carboxylic acids is 2. The van der Waals surface area contributed by atoms with Crippen molar-refractivity contribution in [2.75, 3.05) is 19.4 Å². The van der Waals surface area contributed by atoms with E-state index in [-0.39, 0.29) is 5.91 Å². The third-order valence-electron chi connectivity index (χ3n) is 3.00. The smallest absolute Gasteiger partial charge is 0.341 e. The number of hydrogen-bond acceptors (Lipinski definition) is 9. The molecular weight excluding hydrogens is 382 g/mol. The molecule has 0 unspecified atom stereocenters. The van der Waals surface area contributed by atoms with Crippen LogP contribution in [0.3, 0.4) is 0 Å². The number of ether oxygens (including phenoxy) is 1. The predicted molar refractivity (Wildman–Crippen MR) is 98.3 cm³/mol. The molecule has 0 saturated heterocycles. The molecular formula is C15H19N3O4S3. The second kappa shape index (κ2) is 9.83. The highest BCUT2D eigenvalue weighted by Crippen LogP contribution is 2.31. The Bertz CT molecular complexity index is 729. The van der Waals surface area contributed by atoms with Gasteiger partial charge in [-0.05, 0) is 19.4 Å². The Kier molecular flexibility index (Phi) is 7.79. The standard InChI is InChI=1S/C15H19N3O4S3/c1-4-5-16-12(19)8-24-15-18-17-14(25-15)23-7-10-6-11(9(2)22-10)13(20)21-3/h6H,4-5,7-8H2,1-3H3,(H,16,19). The number of thioether (sulfide) groups is 2. The maximum absolute atomic E-state index is 11.6. The Balaban J connectivity index is 1.83. The van der Waals surface area contributed by atoms with Crippen molar-refractivity contribution >= 4 is 46.7 Å². The fourth-order valence-corrected chi connectivity index (χ4v) is 4.55. The van der Waals surface area contributed by atoms with Crippen LogP contribution in [0.4, 0.5) is 0 Å². The predicted octanol–water partition coefficient (Wildman–Crippen LogP) is 3.14. The van der Waals surface area contributed by atoms with Crippen LogP contribution in [0.2, 0.25) is 0 Å². The summed E-state index contributed by atoms with van der Waals surface area (Å²) in [4.78, 5) is 23.1. The molecule has 2 rings (SSSR count). The maximum atomic E-state index is 11.6. The first kappa shape index (κ1) is 19.8. The lowest BCUT2D eigenvalue weighted by Gasteiger charge is -2.00. The molecule has 0 aliphatic heterocycles. The van der Waals surface area contributed by atoms with Crippen molar-refractivity contribution in [3.8, 4) is 0 Å². The van der Waals surface area contributed by atoms with E-state index in [1.54, 1.807) is 13.0 Å². The van der Waals surface area contributed by atoms with Gasteiger partial charge in [0.05, 0.1) is 18.6 Å². The molecule has 0 fully saturated rings. The van der Waals surface area contributed by atoms with Gasteiger partial charge in [-0.1, -0.05) is 41.8 Å². The zero-order valence-corrected chi connectivity index (χ0v) is 16.6.